The van der Waals surface area contributed by atoms with E-state index in [4.69, 9.17) is 4.74 Å². The minimum atomic E-state index is -0.725. The number of carbonyl (C=O) groups excluding carboxylic acids is 2. The SMILES string of the molecule is Cc1cc(Br)cc2ccnc(N(C(=O)c3ccc(-n4nnc5cccnc54)cc3F)[C@@H]3CCCN(C(=O)OC(C)(C)C)C3)c12. The van der Waals surface area contributed by atoms with Crippen LogP contribution in [0.4, 0.5) is 15.0 Å². The summed E-state index contributed by atoms with van der Waals surface area (Å²) in [6, 6.07) is 13.1. The molecule has 1 aliphatic heterocycles. The van der Waals surface area contributed by atoms with Crippen LogP contribution in [0.1, 0.15) is 49.5 Å². The number of amides is 2. The third-order valence-electron chi connectivity index (χ3n) is 7.50. The molecule has 4 heterocycles. The number of fused-ring (bicyclic) bond motifs is 2. The van der Waals surface area contributed by atoms with Gasteiger partial charge in [0.05, 0.1) is 17.3 Å². The molecule has 1 aliphatic rings. The van der Waals surface area contributed by atoms with Crippen LogP contribution in [0, 0.1) is 12.7 Å². The van der Waals surface area contributed by atoms with Crippen LogP contribution in [0.25, 0.3) is 27.6 Å². The monoisotopic (exact) mass is 659 g/mol. The Balaban J connectivity index is 1.43. The van der Waals surface area contributed by atoms with Crippen LogP contribution in [0.15, 0.2) is 65.4 Å². The van der Waals surface area contributed by atoms with Crippen molar-refractivity contribution < 1.29 is 18.7 Å². The Bertz CT molecular complexity index is 1900. The van der Waals surface area contributed by atoms with Crippen molar-refractivity contribution in [1.29, 1.82) is 0 Å². The maximum Gasteiger partial charge on any atom is 0.410 e. The van der Waals surface area contributed by atoms with Crippen LogP contribution in [0.2, 0.25) is 0 Å². The average Bonchev–Trinajstić information content (AvgIpc) is 3.40. The summed E-state index contributed by atoms with van der Waals surface area (Å²) in [7, 11) is 0. The molecule has 0 aliphatic carbocycles. The van der Waals surface area contributed by atoms with Crippen molar-refractivity contribution in [2.24, 2.45) is 0 Å². The van der Waals surface area contributed by atoms with Gasteiger partial charge in [0.2, 0.25) is 0 Å². The van der Waals surface area contributed by atoms with Gasteiger partial charge in [0.15, 0.2) is 5.65 Å². The minimum Gasteiger partial charge on any atom is -0.444 e. The van der Waals surface area contributed by atoms with E-state index in [1.807, 2.05) is 45.9 Å². The Kier molecular flexibility index (Phi) is 7.79. The number of piperidine rings is 1. The fourth-order valence-corrected chi connectivity index (χ4v) is 6.20. The molecule has 2 amide bonds. The van der Waals surface area contributed by atoms with Crippen molar-refractivity contribution >= 4 is 55.7 Å². The van der Waals surface area contributed by atoms with Crippen LogP contribution in [0.5, 0.6) is 0 Å². The number of hydrogen-bond acceptors (Lipinski definition) is 7. The summed E-state index contributed by atoms with van der Waals surface area (Å²) < 4.78 is 23.9. The standard InChI is InChI=1S/C32H31BrFN7O3/c1-19-15-21(33)16-20-11-13-36-29(27(19)20)40(23-7-6-14-39(18-23)31(43)44-32(2,3)4)30(42)24-10-9-22(17-25(24)34)41-28-26(37-38-41)8-5-12-35-28/h5,8-13,15-17,23H,6-7,14,18H2,1-4H3/t23-/m1/s1. The summed E-state index contributed by atoms with van der Waals surface area (Å²) in [6.07, 6.45) is 4.02. The van der Waals surface area contributed by atoms with E-state index in [2.05, 4.69) is 36.2 Å². The van der Waals surface area contributed by atoms with Gasteiger partial charge in [-0.15, -0.1) is 5.10 Å². The highest BCUT2D eigenvalue weighted by Crippen LogP contribution is 2.35. The molecule has 226 valence electrons. The number of rotatable bonds is 4. The first kappa shape index (κ1) is 29.6. The Morgan fingerprint density at radius 2 is 1.91 bits per heavy atom. The molecule has 1 atom stereocenters. The summed E-state index contributed by atoms with van der Waals surface area (Å²) in [4.78, 5) is 39.7. The number of ether oxygens (including phenoxy) is 1. The molecule has 1 fully saturated rings. The normalized spacial score (nSPS) is 15.5. The molecule has 0 saturated carbocycles. The Labute approximate surface area is 262 Å². The lowest BCUT2D eigenvalue weighted by atomic mass is 10.00. The fraction of sp³-hybridized carbons (Fsp3) is 0.312. The zero-order valence-corrected chi connectivity index (χ0v) is 26.4. The molecule has 3 aromatic heterocycles. The Morgan fingerprint density at radius 3 is 2.68 bits per heavy atom. The fourth-order valence-electron chi connectivity index (χ4n) is 5.61. The lowest BCUT2D eigenvalue weighted by Gasteiger charge is -2.39. The number of aromatic nitrogens is 5. The first-order valence-electron chi connectivity index (χ1n) is 14.3. The molecule has 6 rings (SSSR count). The highest BCUT2D eigenvalue weighted by atomic mass is 79.9. The van der Waals surface area contributed by atoms with Crippen molar-refractivity contribution in [3.8, 4) is 5.69 Å². The van der Waals surface area contributed by atoms with Crippen LogP contribution in [0.3, 0.4) is 0 Å². The van der Waals surface area contributed by atoms with E-state index in [9.17, 15) is 9.59 Å². The molecule has 44 heavy (non-hydrogen) atoms. The third-order valence-corrected chi connectivity index (χ3v) is 7.96. The lowest BCUT2D eigenvalue weighted by molar-refractivity contribution is 0.0196. The third kappa shape index (κ3) is 5.73. The molecule has 5 aromatic rings. The maximum atomic E-state index is 15.9. The quantitative estimate of drug-likeness (QED) is 0.213. The van der Waals surface area contributed by atoms with E-state index in [0.717, 1.165) is 20.8 Å². The molecule has 0 unspecified atom stereocenters. The van der Waals surface area contributed by atoms with Gasteiger partial charge in [0, 0.05) is 41.4 Å². The van der Waals surface area contributed by atoms with Crippen molar-refractivity contribution in [3.05, 3.63) is 82.3 Å². The number of nitrogens with zero attached hydrogens (tertiary/aromatic N) is 7. The van der Waals surface area contributed by atoms with Gasteiger partial charge in [-0.05, 0) is 94.0 Å². The average molecular weight is 661 g/mol. The summed E-state index contributed by atoms with van der Waals surface area (Å²) in [5.74, 6) is -0.881. The zero-order chi connectivity index (χ0) is 31.2. The van der Waals surface area contributed by atoms with Crippen LogP contribution >= 0.6 is 15.9 Å². The molecule has 12 heteroatoms. The van der Waals surface area contributed by atoms with E-state index in [0.29, 0.717) is 42.1 Å². The van der Waals surface area contributed by atoms with E-state index in [-0.39, 0.29) is 12.1 Å². The second-order valence-corrected chi connectivity index (χ2v) is 12.8. The lowest BCUT2D eigenvalue weighted by Crippen LogP contribution is -2.53. The molecule has 2 aromatic carbocycles. The molecule has 0 bridgehead atoms. The summed E-state index contributed by atoms with van der Waals surface area (Å²) >= 11 is 3.56. The van der Waals surface area contributed by atoms with E-state index in [1.54, 1.807) is 40.4 Å². The van der Waals surface area contributed by atoms with Gasteiger partial charge in [-0.2, -0.15) is 4.68 Å². The largest absolute Gasteiger partial charge is 0.444 e. The first-order chi connectivity index (χ1) is 21.0. The summed E-state index contributed by atoms with van der Waals surface area (Å²) in [5.41, 5.74) is 1.51. The molecule has 10 nitrogen and oxygen atoms in total. The number of pyridine rings is 2. The van der Waals surface area contributed by atoms with Crippen LogP contribution in [-0.2, 0) is 4.74 Å². The Morgan fingerprint density at radius 1 is 1.09 bits per heavy atom. The van der Waals surface area contributed by atoms with Gasteiger partial charge in [0.1, 0.15) is 22.8 Å². The zero-order valence-electron chi connectivity index (χ0n) is 24.8. The molecular formula is C32H31BrFN7O3. The summed E-state index contributed by atoms with van der Waals surface area (Å²) in [6.45, 7) is 8.09. The van der Waals surface area contributed by atoms with Crippen molar-refractivity contribution in [2.75, 3.05) is 18.0 Å². The smallest absolute Gasteiger partial charge is 0.410 e. The van der Waals surface area contributed by atoms with Gasteiger partial charge >= 0.3 is 6.09 Å². The number of hydrogen-bond donors (Lipinski definition) is 0. The van der Waals surface area contributed by atoms with Crippen LogP contribution < -0.4 is 4.90 Å². The number of halogens is 2. The van der Waals surface area contributed by atoms with Crippen molar-refractivity contribution in [1.82, 2.24) is 29.9 Å². The Hall–Kier alpha value is -4.45. The molecule has 0 N–H and O–H groups in total. The maximum absolute atomic E-state index is 15.9. The minimum absolute atomic E-state index is 0.130. The molecular weight excluding hydrogens is 629 g/mol. The number of benzene rings is 2. The van der Waals surface area contributed by atoms with E-state index < -0.39 is 29.5 Å². The first-order valence-corrected chi connectivity index (χ1v) is 15.1. The van der Waals surface area contributed by atoms with E-state index in [1.165, 1.54) is 16.8 Å². The number of likely N-dealkylation sites (tertiary alicyclic amines) is 1. The number of carbonyl (C=O) groups is 2. The predicted molar refractivity (Wildman–Crippen MR) is 168 cm³/mol. The second-order valence-electron chi connectivity index (χ2n) is 11.9. The second kappa shape index (κ2) is 11.6. The topological polar surface area (TPSA) is 106 Å². The highest BCUT2D eigenvalue weighted by Gasteiger charge is 2.36. The van der Waals surface area contributed by atoms with Crippen molar-refractivity contribution in [2.45, 2.75) is 52.2 Å². The highest BCUT2D eigenvalue weighted by molar-refractivity contribution is 9.10. The molecule has 0 spiro atoms. The van der Waals surface area contributed by atoms with Gasteiger partial charge in [-0.3, -0.25) is 9.69 Å². The van der Waals surface area contributed by atoms with E-state index >= 15 is 4.39 Å². The van der Waals surface area contributed by atoms with Crippen molar-refractivity contribution in [3.63, 3.8) is 0 Å². The van der Waals surface area contributed by atoms with Gasteiger partial charge in [-0.1, -0.05) is 21.1 Å². The van der Waals surface area contributed by atoms with Gasteiger partial charge in [-0.25, -0.2) is 19.2 Å². The molecule has 1 saturated heterocycles. The van der Waals surface area contributed by atoms with Crippen LogP contribution in [-0.4, -0.2) is 66.6 Å². The number of aryl methyl sites for hydroxylation is 1. The molecule has 0 radical (unpaired) electrons. The summed E-state index contributed by atoms with van der Waals surface area (Å²) in [5, 5.41) is 9.86. The predicted octanol–water partition coefficient (Wildman–Crippen LogP) is 6.62. The van der Waals surface area contributed by atoms with Gasteiger partial charge < -0.3 is 9.64 Å². The number of anilines is 1. The van der Waals surface area contributed by atoms with Gasteiger partial charge in [0.25, 0.3) is 5.91 Å².